The van der Waals surface area contributed by atoms with E-state index >= 15 is 0 Å². The van der Waals surface area contributed by atoms with Gasteiger partial charge in [0.15, 0.2) is 0 Å². The molecule has 25 heavy (non-hydrogen) atoms. The lowest BCUT2D eigenvalue weighted by atomic mass is 10.1. The third-order valence-electron chi connectivity index (χ3n) is 4.54. The number of hydrogen-bond donors (Lipinski definition) is 0. The summed E-state index contributed by atoms with van der Waals surface area (Å²) in [7, 11) is 0. The summed E-state index contributed by atoms with van der Waals surface area (Å²) in [6.45, 7) is 1.85. The highest BCUT2D eigenvalue weighted by Crippen LogP contribution is 2.25. The predicted octanol–water partition coefficient (Wildman–Crippen LogP) is 4.19. The fraction of sp³-hybridized carbons (Fsp3) is 0.238. The van der Waals surface area contributed by atoms with Gasteiger partial charge in [-0.25, -0.2) is 9.97 Å². The summed E-state index contributed by atoms with van der Waals surface area (Å²) >= 11 is 0. The number of ether oxygens (including phenoxy) is 1. The molecule has 0 atom stereocenters. The summed E-state index contributed by atoms with van der Waals surface area (Å²) in [5.41, 5.74) is 2.44. The highest BCUT2D eigenvalue weighted by molar-refractivity contribution is 5.63. The summed E-state index contributed by atoms with van der Waals surface area (Å²) < 4.78 is 6.16. The highest BCUT2D eigenvalue weighted by Gasteiger charge is 2.22. The molecule has 2 aromatic carbocycles. The second kappa shape index (κ2) is 7.34. The van der Waals surface area contributed by atoms with Gasteiger partial charge < -0.3 is 9.64 Å². The first-order valence-corrected chi connectivity index (χ1v) is 8.72. The molecule has 3 aromatic rings. The Labute approximate surface area is 148 Å². The molecular weight excluding hydrogens is 310 g/mol. The van der Waals surface area contributed by atoms with Gasteiger partial charge in [-0.2, -0.15) is 0 Å². The second-order valence-electron chi connectivity index (χ2n) is 6.24. The molecule has 2 heterocycles. The van der Waals surface area contributed by atoms with Crippen LogP contribution >= 0.6 is 0 Å². The molecule has 1 aromatic heterocycles. The fourth-order valence-corrected chi connectivity index (χ4v) is 3.18. The Morgan fingerprint density at radius 2 is 1.40 bits per heavy atom. The van der Waals surface area contributed by atoms with Crippen molar-refractivity contribution in [3.05, 3.63) is 73.1 Å². The third-order valence-corrected chi connectivity index (χ3v) is 4.54. The van der Waals surface area contributed by atoms with Crippen LogP contribution in [0.25, 0.3) is 11.1 Å². The van der Waals surface area contributed by atoms with Gasteiger partial charge in [-0.15, -0.1) is 0 Å². The van der Waals surface area contributed by atoms with Gasteiger partial charge in [-0.3, -0.25) is 0 Å². The quantitative estimate of drug-likeness (QED) is 0.718. The van der Waals surface area contributed by atoms with Crippen LogP contribution in [0.5, 0.6) is 5.75 Å². The molecule has 1 aliphatic heterocycles. The topological polar surface area (TPSA) is 38.2 Å². The van der Waals surface area contributed by atoms with Gasteiger partial charge >= 0.3 is 0 Å². The van der Waals surface area contributed by atoms with Crippen molar-refractivity contribution in [3.63, 3.8) is 0 Å². The zero-order valence-electron chi connectivity index (χ0n) is 14.1. The maximum atomic E-state index is 6.16. The first-order chi connectivity index (χ1) is 12.4. The molecule has 1 saturated heterocycles. The van der Waals surface area contributed by atoms with E-state index in [1.807, 2.05) is 12.1 Å². The maximum Gasteiger partial charge on any atom is 0.225 e. The average molecular weight is 331 g/mol. The van der Waals surface area contributed by atoms with E-state index in [2.05, 4.69) is 63.4 Å². The van der Waals surface area contributed by atoms with E-state index in [4.69, 9.17) is 4.74 Å². The Hall–Kier alpha value is -2.88. The van der Waals surface area contributed by atoms with E-state index < -0.39 is 0 Å². The SMILES string of the molecule is c1ccc(-c2ccc(OC3CCN(c4ncccn4)CC3)cc2)cc1. The summed E-state index contributed by atoms with van der Waals surface area (Å²) in [6, 6.07) is 20.6. The molecule has 1 fully saturated rings. The minimum atomic E-state index is 0.252. The Bertz CT molecular complexity index is 782. The van der Waals surface area contributed by atoms with Crippen LogP contribution in [0.2, 0.25) is 0 Å². The van der Waals surface area contributed by atoms with Crippen LogP contribution in [0.4, 0.5) is 5.95 Å². The van der Waals surface area contributed by atoms with Gasteiger partial charge in [0.05, 0.1) is 0 Å². The second-order valence-corrected chi connectivity index (χ2v) is 6.24. The third kappa shape index (κ3) is 3.79. The van der Waals surface area contributed by atoms with Crippen molar-refractivity contribution < 1.29 is 4.74 Å². The molecule has 0 spiro atoms. The Kier molecular flexibility index (Phi) is 4.59. The van der Waals surface area contributed by atoms with E-state index in [-0.39, 0.29) is 6.10 Å². The molecular formula is C21H21N3O. The molecule has 0 saturated carbocycles. The molecule has 0 aliphatic carbocycles. The Morgan fingerprint density at radius 3 is 2.08 bits per heavy atom. The van der Waals surface area contributed by atoms with Crippen molar-refractivity contribution in [2.24, 2.45) is 0 Å². The average Bonchev–Trinajstić information content (AvgIpc) is 2.71. The van der Waals surface area contributed by atoms with Gasteiger partial charge in [0.2, 0.25) is 5.95 Å². The fourth-order valence-electron chi connectivity index (χ4n) is 3.18. The van der Waals surface area contributed by atoms with Crippen LogP contribution < -0.4 is 9.64 Å². The largest absolute Gasteiger partial charge is 0.490 e. The van der Waals surface area contributed by atoms with E-state index in [1.165, 1.54) is 11.1 Å². The first-order valence-electron chi connectivity index (χ1n) is 8.72. The summed E-state index contributed by atoms with van der Waals surface area (Å²) in [4.78, 5) is 10.9. The minimum Gasteiger partial charge on any atom is -0.490 e. The molecule has 4 nitrogen and oxygen atoms in total. The standard InChI is InChI=1S/C21H21N3O/c1-2-5-17(6-3-1)18-7-9-19(10-8-18)25-20-11-15-24(16-12-20)21-22-13-4-14-23-21/h1-10,13-14,20H,11-12,15-16H2. The van der Waals surface area contributed by atoms with Crippen molar-refractivity contribution in [1.82, 2.24) is 9.97 Å². The zero-order valence-corrected chi connectivity index (χ0v) is 14.1. The van der Waals surface area contributed by atoms with Crippen LogP contribution in [0.15, 0.2) is 73.1 Å². The number of hydrogen-bond acceptors (Lipinski definition) is 4. The number of piperidine rings is 1. The van der Waals surface area contributed by atoms with Crippen molar-refractivity contribution in [2.75, 3.05) is 18.0 Å². The summed E-state index contributed by atoms with van der Waals surface area (Å²) in [6.07, 6.45) is 5.80. The van der Waals surface area contributed by atoms with E-state index in [0.717, 1.165) is 37.6 Å². The maximum absolute atomic E-state index is 6.16. The van der Waals surface area contributed by atoms with Gasteiger partial charge in [-0.1, -0.05) is 42.5 Å². The van der Waals surface area contributed by atoms with Crippen LogP contribution in [-0.2, 0) is 0 Å². The van der Waals surface area contributed by atoms with Crippen molar-refractivity contribution in [1.29, 1.82) is 0 Å². The Morgan fingerprint density at radius 1 is 0.760 bits per heavy atom. The monoisotopic (exact) mass is 331 g/mol. The van der Waals surface area contributed by atoms with Crippen molar-refractivity contribution in [3.8, 4) is 16.9 Å². The highest BCUT2D eigenvalue weighted by atomic mass is 16.5. The molecule has 0 N–H and O–H groups in total. The Balaban J connectivity index is 1.34. The lowest BCUT2D eigenvalue weighted by molar-refractivity contribution is 0.170. The zero-order chi connectivity index (χ0) is 16.9. The van der Waals surface area contributed by atoms with Gasteiger partial charge in [0, 0.05) is 38.3 Å². The van der Waals surface area contributed by atoms with Gasteiger partial charge in [0.25, 0.3) is 0 Å². The van der Waals surface area contributed by atoms with E-state index in [1.54, 1.807) is 12.4 Å². The molecule has 126 valence electrons. The summed E-state index contributed by atoms with van der Waals surface area (Å²) in [5, 5.41) is 0. The van der Waals surface area contributed by atoms with Crippen molar-refractivity contribution >= 4 is 5.95 Å². The number of aromatic nitrogens is 2. The number of rotatable bonds is 4. The smallest absolute Gasteiger partial charge is 0.225 e. The van der Waals surface area contributed by atoms with Crippen LogP contribution in [0.1, 0.15) is 12.8 Å². The number of anilines is 1. The van der Waals surface area contributed by atoms with Crippen LogP contribution in [0, 0.1) is 0 Å². The molecule has 1 aliphatic rings. The predicted molar refractivity (Wildman–Crippen MR) is 99.8 cm³/mol. The van der Waals surface area contributed by atoms with E-state index in [0.29, 0.717) is 0 Å². The van der Waals surface area contributed by atoms with Crippen LogP contribution in [-0.4, -0.2) is 29.2 Å². The molecule has 0 amide bonds. The minimum absolute atomic E-state index is 0.252. The summed E-state index contributed by atoms with van der Waals surface area (Å²) in [5.74, 6) is 1.75. The first kappa shape index (κ1) is 15.6. The van der Waals surface area contributed by atoms with Gasteiger partial charge in [0.1, 0.15) is 11.9 Å². The number of benzene rings is 2. The molecule has 4 rings (SSSR count). The van der Waals surface area contributed by atoms with E-state index in [9.17, 15) is 0 Å². The molecule has 0 unspecified atom stereocenters. The lowest BCUT2D eigenvalue weighted by Crippen LogP contribution is -2.39. The van der Waals surface area contributed by atoms with Crippen molar-refractivity contribution in [2.45, 2.75) is 18.9 Å². The number of nitrogens with zero attached hydrogens (tertiary/aromatic N) is 3. The molecule has 0 bridgehead atoms. The van der Waals surface area contributed by atoms with Crippen LogP contribution in [0.3, 0.4) is 0 Å². The molecule has 0 radical (unpaired) electrons. The van der Waals surface area contributed by atoms with Gasteiger partial charge in [-0.05, 0) is 29.3 Å². The molecule has 4 heteroatoms. The lowest BCUT2D eigenvalue weighted by Gasteiger charge is -2.32. The normalized spacial score (nSPS) is 15.1.